The fourth-order valence-corrected chi connectivity index (χ4v) is 1.06. The number of unbranched alkanes of at least 4 members (excludes halogenated alkanes) is 5. The maximum atomic E-state index is 10.1. The molecule has 0 saturated heterocycles. The molecule has 0 aliphatic carbocycles. The zero-order valence-corrected chi connectivity index (χ0v) is 8.55. The summed E-state index contributed by atoms with van der Waals surface area (Å²) in [4.78, 5) is 10.1. The Bertz CT molecular complexity index is 105. The smallest absolute Gasteiger partial charge is 0.303 e. The first-order valence-corrected chi connectivity index (χ1v) is 4.49. The van der Waals surface area contributed by atoms with Crippen LogP contribution in [0.2, 0.25) is 0 Å². The van der Waals surface area contributed by atoms with Gasteiger partial charge in [0.15, 0.2) is 0 Å². The maximum absolute atomic E-state index is 10.1. The molecule has 0 rings (SSSR count). The van der Waals surface area contributed by atoms with Crippen molar-refractivity contribution >= 4 is 5.97 Å². The van der Waals surface area contributed by atoms with Crippen LogP contribution in [0.1, 0.15) is 51.9 Å². The van der Waals surface area contributed by atoms with Gasteiger partial charge in [0, 0.05) is 23.5 Å². The van der Waals surface area contributed by atoms with Gasteiger partial charge in [0.05, 0.1) is 0 Å². The minimum absolute atomic E-state index is 0. The number of hydrogen-bond acceptors (Lipinski definition) is 1. The molecule has 1 N–H and O–H groups in total. The molecule has 1 radical (unpaired) electrons. The van der Waals surface area contributed by atoms with Crippen molar-refractivity contribution in [3.63, 3.8) is 0 Å². The van der Waals surface area contributed by atoms with Crippen molar-refractivity contribution in [2.75, 3.05) is 0 Å². The third-order valence-corrected chi connectivity index (χ3v) is 1.74. The number of aliphatic carboxylic acids is 1. The summed E-state index contributed by atoms with van der Waals surface area (Å²) < 4.78 is 0. The van der Waals surface area contributed by atoms with E-state index >= 15 is 0 Å². The molecule has 0 aromatic carbocycles. The average Bonchev–Trinajstić information content (AvgIpc) is 1.96. The van der Waals surface area contributed by atoms with Crippen LogP contribution in [0.4, 0.5) is 0 Å². The second-order valence-electron chi connectivity index (χ2n) is 2.91. The van der Waals surface area contributed by atoms with Crippen LogP contribution in [0, 0.1) is 0 Å². The Kier molecular flexibility index (Phi) is 13.3. The molecule has 12 heavy (non-hydrogen) atoms. The molecule has 0 aromatic heterocycles. The Hall–Kier alpha value is -0.0105. The Labute approximate surface area is 85.2 Å². The summed E-state index contributed by atoms with van der Waals surface area (Å²) in [5.74, 6) is -0.666. The largest absolute Gasteiger partial charge is 0.481 e. The standard InChI is InChI=1S/C9H18O2.Cu/c1-2-3-4-5-6-7-8-9(10)11;/h2-8H2,1H3,(H,10,11);. The van der Waals surface area contributed by atoms with Gasteiger partial charge in [0.25, 0.3) is 0 Å². The zero-order valence-electron chi connectivity index (χ0n) is 7.61. The molecule has 0 saturated carbocycles. The fraction of sp³-hybridized carbons (Fsp3) is 0.889. The minimum atomic E-state index is -0.666. The van der Waals surface area contributed by atoms with Crippen molar-refractivity contribution in [1.82, 2.24) is 0 Å². The Balaban J connectivity index is 0. The van der Waals surface area contributed by atoms with Crippen LogP contribution in [-0.2, 0) is 21.9 Å². The molecule has 0 fully saturated rings. The molecule has 3 heteroatoms. The quantitative estimate of drug-likeness (QED) is 0.530. The van der Waals surface area contributed by atoms with Crippen LogP contribution >= 0.6 is 0 Å². The normalized spacial score (nSPS) is 9.08. The van der Waals surface area contributed by atoms with Gasteiger partial charge in [0.2, 0.25) is 0 Å². The first-order chi connectivity index (χ1) is 5.27. The Morgan fingerprint density at radius 2 is 1.58 bits per heavy atom. The van der Waals surface area contributed by atoms with Gasteiger partial charge in [-0.25, -0.2) is 0 Å². The van der Waals surface area contributed by atoms with Gasteiger partial charge in [0.1, 0.15) is 0 Å². The monoisotopic (exact) mass is 221 g/mol. The topological polar surface area (TPSA) is 37.3 Å². The van der Waals surface area contributed by atoms with Crippen molar-refractivity contribution in [2.24, 2.45) is 0 Å². The molecule has 0 unspecified atom stereocenters. The van der Waals surface area contributed by atoms with E-state index in [0.717, 1.165) is 12.8 Å². The van der Waals surface area contributed by atoms with E-state index < -0.39 is 5.97 Å². The summed E-state index contributed by atoms with van der Waals surface area (Å²) in [5.41, 5.74) is 0. The third kappa shape index (κ3) is 12.6. The molecule has 0 aliphatic rings. The minimum Gasteiger partial charge on any atom is -0.481 e. The van der Waals surface area contributed by atoms with Gasteiger partial charge < -0.3 is 5.11 Å². The first-order valence-electron chi connectivity index (χ1n) is 4.49. The second-order valence-corrected chi connectivity index (χ2v) is 2.91. The molecule has 0 aromatic rings. The van der Waals surface area contributed by atoms with Crippen molar-refractivity contribution in [3.8, 4) is 0 Å². The van der Waals surface area contributed by atoms with Gasteiger partial charge in [-0.05, 0) is 6.42 Å². The summed E-state index contributed by atoms with van der Waals surface area (Å²) in [6.45, 7) is 2.18. The first kappa shape index (κ1) is 14.5. The Morgan fingerprint density at radius 3 is 2.08 bits per heavy atom. The number of carboxylic acid groups (broad SMARTS) is 1. The maximum Gasteiger partial charge on any atom is 0.303 e. The summed E-state index contributed by atoms with van der Waals surface area (Å²) >= 11 is 0. The Morgan fingerprint density at radius 1 is 1.08 bits per heavy atom. The van der Waals surface area contributed by atoms with E-state index in [2.05, 4.69) is 6.92 Å². The van der Waals surface area contributed by atoms with E-state index in [4.69, 9.17) is 5.11 Å². The van der Waals surface area contributed by atoms with E-state index in [-0.39, 0.29) is 17.1 Å². The molecule has 0 bridgehead atoms. The van der Waals surface area contributed by atoms with Crippen LogP contribution in [-0.4, -0.2) is 11.1 Å². The van der Waals surface area contributed by atoms with Crippen molar-refractivity contribution in [1.29, 1.82) is 0 Å². The fourth-order valence-electron chi connectivity index (χ4n) is 1.06. The molecule has 0 aliphatic heterocycles. The van der Waals surface area contributed by atoms with Gasteiger partial charge in [-0.3, -0.25) is 4.79 Å². The molecule has 0 heterocycles. The number of carbonyl (C=O) groups is 1. The van der Waals surface area contributed by atoms with Gasteiger partial charge in [-0.1, -0.05) is 39.0 Å². The molecular weight excluding hydrogens is 204 g/mol. The van der Waals surface area contributed by atoms with Crippen LogP contribution in [0.3, 0.4) is 0 Å². The van der Waals surface area contributed by atoms with Gasteiger partial charge in [-0.15, -0.1) is 0 Å². The number of carboxylic acids is 1. The molecule has 0 atom stereocenters. The van der Waals surface area contributed by atoms with Crippen LogP contribution < -0.4 is 0 Å². The van der Waals surface area contributed by atoms with E-state index in [1.807, 2.05) is 0 Å². The van der Waals surface area contributed by atoms with E-state index in [0.29, 0.717) is 6.42 Å². The summed E-state index contributed by atoms with van der Waals surface area (Å²) in [6.07, 6.45) is 7.25. The molecule has 0 amide bonds. The average molecular weight is 222 g/mol. The van der Waals surface area contributed by atoms with Gasteiger partial charge >= 0.3 is 5.97 Å². The summed E-state index contributed by atoms with van der Waals surface area (Å²) in [7, 11) is 0. The zero-order chi connectivity index (χ0) is 8.53. The predicted octanol–water partition coefficient (Wildman–Crippen LogP) is 2.82. The van der Waals surface area contributed by atoms with Crippen LogP contribution in [0.25, 0.3) is 0 Å². The SMILES string of the molecule is CCCCCCCCC(=O)O.[Cu]. The number of rotatable bonds is 7. The molecule has 0 spiro atoms. The van der Waals surface area contributed by atoms with E-state index in [1.54, 1.807) is 0 Å². The second kappa shape index (κ2) is 11.0. The van der Waals surface area contributed by atoms with Crippen molar-refractivity contribution in [2.45, 2.75) is 51.9 Å². The van der Waals surface area contributed by atoms with Crippen LogP contribution in [0.15, 0.2) is 0 Å². The summed E-state index contributed by atoms with van der Waals surface area (Å²) in [5, 5.41) is 8.32. The van der Waals surface area contributed by atoms with E-state index in [1.165, 1.54) is 25.7 Å². The van der Waals surface area contributed by atoms with Crippen molar-refractivity contribution in [3.05, 3.63) is 0 Å². The molecular formula is C9H18CuO2. The summed E-state index contributed by atoms with van der Waals surface area (Å²) in [6, 6.07) is 0. The molecule has 77 valence electrons. The third-order valence-electron chi connectivity index (χ3n) is 1.74. The number of hydrogen-bond donors (Lipinski definition) is 1. The molecule has 2 nitrogen and oxygen atoms in total. The predicted molar refractivity (Wildman–Crippen MR) is 45.6 cm³/mol. The van der Waals surface area contributed by atoms with E-state index in [9.17, 15) is 4.79 Å². The van der Waals surface area contributed by atoms with Gasteiger partial charge in [-0.2, -0.15) is 0 Å². The van der Waals surface area contributed by atoms with Crippen molar-refractivity contribution < 1.29 is 27.0 Å². The van der Waals surface area contributed by atoms with Crippen LogP contribution in [0.5, 0.6) is 0 Å².